The van der Waals surface area contributed by atoms with Gasteiger partial charge in [0.25, 0.3) is 15.9 Å². The molecule has 1 fully saturated rings. The number of nitrogens with zero attached hydrogens (tertiary/aromatic N) is 2. The van der Waals surface area contributed by atoms with Crippen LogP contribution in [-0.4, -0.2) is 39.4 Å². The SMILES string of the molecule is Cc1ccc(S(=O)(=O)N(C)c2ccc(C(=O)NCc3ccccc3CN3CCCCC3)cc2)cc1. The van der Waals surface area contributed by atoms with E-state index in [4.69, 9.17) is 0 Å². The lowest BCUT2D eigenvalue weighted by Crippen LogP contribution is -2.30. The summed E-state index contributed by atoms with van der Waals surface area (Å²) < 4.78 is 27.1. The standard InChI is InChI=1S/C28H33N3O3S/c1-22-10-16-27(17-11-22)35(33,34)30(2)26-14-12-23(13-15-26)28(32)29-20-24-8-4-5-9-25(24)21-31-18-6-3-7-19-31/h4-5,8-17H,3,6-7,18-21H2,1-2H3,(H,29,32). The fraction of sp³-hybridized carbons (Fsp3) is 0.321. The smallest absolute Gasteiger partial charge is 0.264 e. The number of hydrogen-bond acceptors (Lipinski definition) is 4. The topological polar surface area (TPSA) is 69.7 Å². The second-order valence-electron chi connectivity index (χ2n) is 9.12. The molecule has 4 rings (SSSR count). The van der Waals surface area contributed by atoms with Gasteiger partial charge < -0.3 is 5.32 Å². The van der Waals surface area contributed by atoms with Crippen LogP contribution in [0, 0.1) is 6.92 Å². The molecule has 0 aliphatic carbocycles. The van der Waals surface area contributed by atoms with Crippen molar-refractivity contribution in [2.45, 2.75) is 44.2 Å². The van der Waals surface area contributed by atoms with Crippen LogP contribution in [0.3, 0.4) is 0 Å². The van der Waals surface area contributed by atoms with Crippen LogP contribution in [-0.2, 0) is 23.1 Å². The first-order valence-electron chi connectivity index (χ1n) is 12.1. The summed E-state index contributed by atoms with van der Waals surface area (Å²) in [7, 11) is -2.16. The summed E-state index contributed by atoms with van der Waals surface area (Å²) in [5, 5.41) is 3.01. The molecule has 3 aromatic carbocycles. The molecular formula is C28H33N3O3S. The molecule has 0 unspecified atom stereocenters. The third-order valence-corrected chi connectivity index (χ3v) is 8.37. The summed E-state index contributed by atoms with van der Waals surface area (Å²) in [6.07, 6.45) is 3.80. The third kappa shape index (κ3) is 6.10. The van der Waals surface area contributed by atoms with Gasteiger partial charge in [-0.2, -0.15) is 0 Å². The van der Waals surface area contributed by atoms with Crippen molar-refractivity contribution in [3.8, 4) is 0 Å². The molecule has 1 saturated heterocycles. The summed E-state index contributed by atoms with van der Waals surface area (Å²) in [5.41, 5.74) is 4.34. The van der Waals surface area contributed by atoms with E-state index >= 15 is 0 Å². The maximum atomic E-state index is 12.9. The number of piperidine rings is 1. The van der Waals surface area contributed by atoms with Gasteiger partial charge in [-0.25, -0.2) is 8.42 Å². The van der Waals surface area contributed by atoms with Crippen LogP contribution in [0.5, 0.6) is 0 Å². The Kier molecular flexibility index (Phi) is 7.88. The molecule has 3 aromatic rings. The minimum absolute atomic E-state index is 0.187. The van der Waals surface area contributed by atoms with Gasteiger partial charge in [0.2, 0.25) is 0 Å². The molecule has 1 aliphatic heterocycles. The van der Waals surface area contributed by atoms with Gasteiger partial charge >= 0.3 is 0 Å². The van der Waals surface area contributed by atoms with E-state index in [0.717, 1.165) is 30.8 Å². The van der Waals surface area contributed by atoms with E-state index in [1.165, 1.54) is 36.2 Å². The van der Waals surface area contributed by atoms with Crippen molar-refractivity contribution in [3.63, 3.8) is 0 Å². The van der Waals surface area contributed by atoms with Crippen molar-refractivity contribution in [1.82, 2.24) is 10.2 Å². The fourth-order valence-electron chi connectivity index (χ4n) is 4.35. The van der Waals surface area contributed by atoms with Crippen LogP contribution in [0.1, 0.15) is 46.3 Å². The Bertz CT molecular complexity index is 1250. The third-order valence-electron chi connectivity index (χ3n) is 6.57. The van der Waals surface area contributed by atoms with E-state index in [0.29, 0.717) is 17.8 Å². The summed E-state index contributed by atoms with van der Waals surface area (Å²) in [6, 6.07) is 21.6. The van der Waals surface area contributed by atoms with Crippen LogP contribution in [0.4, 0.5) is 5.69 Å². The number of anilines is 1. The molecule has 1 heterocycles. The van der Waals surface area contributed by atoms with Crippen LogP contribution in [0.15, 0.2) is 77.7 Å². The lowest BCUT2D eigenvalue weighted by molar-refractivity contribution is 0.0950. The second kappa shape index (κ2) is 11.1. The van der Waals surface area contributed by atoms with Crippen LogP contribution in [0.25, 0.3) is 0 Å². The van der Waals surface area contributed by atoms with Gasteiger partial charge in [0.1, 0.15) is 0 Å². The maximum absolute atomic E-state index is 12.9. The minimum atomic E-state index is -3.68. The Morgan fingerprint density at radius 1 is 0.886 bits per heavy atom. The quantitative estimate of drug-likeness (QED) is 0.494. The Balaban J connectivity index is 1.39. The van der Waals surface area contributed by atoms with Crippen LogP contribution < -0.4 is 9.62 Å². The maximum Gasteiger partial charge on any atom is 0.264 e. The summed E-state index contributed by atoms with van der Waals surface area (Å²) >= 11 is 0. The van der Waals surface area contributed by atoms with E-state index in [-0.39, 0.29) is 10.8 Å². The van der Waals surface area contributed by atoms with Gasteiger partial charge in [-0.1, -0.05) is 48.4 Å². The molecule has 0 bridgehead atoms. The van der Waals surface area contributed by atoms with Crippen LogP contribution >= 0.6 is 0 Å². The molecule has 0 saturated carbocycles. The highest BCUT2D eigenvalue weighted by Gasteiger charge is 2.21. The van der Waals surface area contributed by atoms with Crippen molar-refractivity contribution in [1.29, 1.82) is 0 Å². The molecule has 0 atom stereocenters. The summed E-state index contributed by atoms with van der Waals surface area (Å²) in [6.45, 7) is 5.52. The number of sulfonamides is 1. The average Bonchev–Trinajstić information content (AvgIpc) is 2.88. The molecule has 1 N–H and O–H groups in total. The van der Waals surface area contributed by atoms with Gasteiger partial charge in [-0.15, -0.1) is 0 Å². The zero-order chi connectivity index (χ0) is 24.8. The van der Waals surface area contributed by atoms with Gasteiger partial charge in [-0.05, 0) is 80.4 Å². The summed E-state index contributed by atoms with van der Waals surface area (Å²) in [4.78, 5) is 15.5. The minimum Gasteiger partial charge on any atom is -0.348 e. The normalized spacial score (nSPS) is 14.5. The number of carbonyl (C=O) groups is 1. The first-order valence-corrected chi connectivity index (χ1v) is 13.5. The predicted octanol–water partition coefficient (Wildman–Crippen LogP) is 4.74. The zero-order valence-electron chi connectivity index (χ0n) is 20.4. The molecule has 7 heteroatoms. The van der Waals surface area contributed by atoms with E-state index in [2.05, 4.69) is 22.3 Å². The Labute approximate surface area is 208 Å². The van der Waals surface area contributed by atoms with Gasteiger partial charge in [0.15, 0.2) is 0 Å². The highest BCUT2D eigenvalue weighted by molar-refractivity contribution is 7.92. The first-order chi connectivity index (χ1) is 16.8. The molecular weight excluding hydrogens is 458 g/mol. The largest absolute Gasteiger partial charge is 0.348 e. The fourth-order valence-corrected chi connectivity index (χ4v) is 5.55. The average molecular weight is 492 g/mol. The van der Waals surface area contributed by atoms with E-state index in [9.17, 15) is 13.2 Å². The monoisotopic (exact) mass is 491 g/mol. The number of amides is 1. The van der Waals surface area contributed by atoms with E-state index in [1.807, 2.05) is 19.1 Å². The number of benzene rings is 3. The number of carbonyl (C=O) groups excluding carboxylic acids is 1. The Morgan fingerprint density at radius 2 is 1.51 bits per heavy atom. The molecule has 0 aromatic heterocycles. The lowest BCUT2D eigenvalue weighted by Gasteiger charge is -2.27. The molecule has 35 heavy (non-hydrogen) atoms. The van der Waals surface area contributed by atoms with E-state index in [1.54, 1.807) is 48.5 Å². The molecule has 0 spiro atoms. The highest BCUT2D eigenvalue weighted by Crippen LogP contribution is 2.23. The first kappa shape index (κ1) is 24.9. The number of hydrogen-bond donors (Lipinski definition) is 1. The van der Waals surface area contributed by atoms with Gasteiger partial charge in [-0.3, -0.25) is 14.0 Å². The van der Waals surface area contributed by atoms with Gasteiger partial charge in [0, 0.05) is 25.7 Å². The zero-order valence-corrected chi connectivity index (χ0v) is 21.2. The van der Waals surface area contributed by atoms with E-state index < -0.39 is 10.0 Å². The Morgan fingerprint density at radius 3 is 2.17 bits per heavy atom. The number of aryl methyl sites for hydroxylation is 1. The lowest BCUT2D eigenvalue weighted by atomic mass is 10.0. The van der Waals surface area contributed by atoms with Crippen molar-refractivity contribution in [3.05, 3.63) is 95.1 Å². The predicted molar refractivity (Wildman–Crippen MR) is 140 cm³/mol. The molecule has 1 amide bonds. The molecule has 6 nitrogen and oxygen atoms in total. The molecule has 184 valence electrons. The molecule has 0 radical (unpaired) electrons. The second-order valence-corrected chi connectivity index (χ2v) is 11.1. The Hall–Kier alpha value is -3.16. The van der Waals surface area contributed by atoms with Crippen molar-refractivity contribution < 1.29 is 13.2 Å². The number of likely N-dealkylation sites (tertiary alicyclic amines) is 1. The number of nitrogens with one attached hydrogen (secondary N) is 1. The van der Waals surface area contributed by atoms with Crippen molar-refractivity contribution in [2.24, 2.45) is 0 Å². The van der Waals surface area contributed by atoms with Gasteiger partial charge in [0.05, 0.1) is 10.6 Å². The summed E-state index contributed by atoms with van der Waals surface area (Å²) in [5.74, 6) is -0.187. The van der Waals surface area contributed by atoms with Crippen molar-refractivity contribution in [2.75, 3.05) is 24.4 Å². The number of rotatable bonds is 8. The molecule has 1 aliphatic rings. The van der Waals surface area contributed by atoms with Crippen molar-refractivity contribution >= 4 is 21.6 Å². The highest BCUT2D eigenvalue weighted by atomic mass is 32.2. The van der Waals surface area contributed by atoms with Crippen LogP contribution in [0.2, 0.25) is 0 Å².